The minimum absolute atomic E-state index is 0.0124. The van der Waals surface area contributed by atoms with E-state index in [2.05, 4.69) is 15.3 Å². The van der Waals surface area contributed by atoms with Crippen LogP contribution >= 0.6 is 11.6 Å². The number of nitrogens with two attached hydrogens (primary N) is 1. The molecule has 0 spiro atoms. The van der Waals surface area contributed by atoms with Gasteiger partial charge in [-0.1, -0.05) is 18.5 Å². The fourth-order valence-corrected chi connectivity index (χ4v) is 5.58. The van der Waals surface area contributed by atoms with E-state index in [1.807, 2.05) is 0 Å². The number of carbonyl (C=O) groups is 2. The Bertz CT molecular complexity index is 1870. The number of hydrogen-bond acceptors (Lipinski definition) is 7. The van der Waals surface area contributed by atoms with E-state index >= 15 is 0 Å². The number of ether oxygens (including phenoxy) is 2. The number of aliphatic hydroxyl groups is 1. The number of hydrogen-bond donors (Lipinski definition) is 3. The molecule has 2 aromatic carbocycles. The summed E-state index contributed by atoms with van der Waals surface area (Å²) in [5, 5.41) is 14.2. The maximum Gasteiger partial charge on any atom is 0.424 e. The second-order valence-electron chi connectivity index (χ2n) is 11.4. The van der Waals surface area contributed by atoms with E-state index in [9.17, 15) is 32.3 Å². The molecule has 2 aromatic heterocycles. The molecule has 2 aliphatic rings. The number of fused-ring (bicyclic) bond motifs is 2. The highest BCUT2D eigenvalue weighted by Crippen LogP contribution is 2.49. The van der Waals surface area contributed by atoms with Crippen LogP contribution in [-0.2, 0) is 15.8 Å². The Morgan fingerprint density at radius 2 is 1.89 bits per heavy atom. The highest BCUT2D eigenvalue weighted by atomic mass is 35.5. The Hall–Kier alpha value is -4.49. The number of primary amides is 1. The van der Waals surface area contributed by atoms with E-state index < -0.39 is 47.1 Å². The van der Waals surface area contributed by atoms with Gasteiger partial charge in [-0.2, -0.15) is 13.2 Å². The van der Waals surface area contributed by atoms with Crippen LogP contribution in [0.1, 0.15) is 47.8 Å². The number of nitrogens with zero attached hydrogens (tertiary/aromatic N) is 2. The average Bonchev–Trinajstić information content (AvgIpc) is 3.75. The maximum atomic E-state index is 14.8. The summed E-state index contributed by atoms with van der Waals surface area (Å²) in [5.41, 5.74) is -0.138. The normalized spacial score (nSPS) is 18.8. The zero-order valence-corrected chi connectivity index (χ0v) is 25.0. The molecule has 1 aliphatic carbocycles. The van der Waals surface area contributed by atoms with Crippen LogP contribution in [0.4, 0.5) is 17.6 Å². The SMILES string of the molecule is CC[C@]1(C(N)=O)COc2c1cc(C(O)(CNC(=O)c1cc(OC3CC3)c3ncc(Cl)cc3c1)C(F)(F)F)nc2-c1ccc(F)cc1. The second kappa shape index (κ2) is 11.4. The van der Waals surface area contributed by atoms with E-state index in [-0.39, 0.29) is 58.0 Å². The molecule has 2 amide bonds. The Balaban J connectivity index is 1.42. The average molecular weight is 659 g/mol. The van der Waals surface area contributed by atoms with Gasteiger partial charge in [0.25, 0.3) is 5.91 Å². The van der Waals surface area contributed by atoms with Crippen LogP contribution in [0.5, 0.6) is 11.5 Å². The summed E-state index contributed by atoms with van der Waals surface area (Å²) in [7, 11) is 0. The largest absolute Gasteiger partial charge is 0.489 e. The van der Waals surface area contributed by atoms with Crippen LogP contribution in [-0.4, -0.2) is 52.3 Å². The molecule has 9 nitrogen and oxygen atoms in total. The summed E-state index contributed by atoms with van der Waals surface area (Å²) in [6.45, 7) is -0.0174. The number of benzene rings is 2. The first-order chi connectivity index (χ1) is 21.8. The van der Waals surface area contributed by atoms with Crippen LogP contribution in [0.3, 0.4) is 0 Å². The quantitative estimate of drug-likeness (QED) is 0.207. The molecule has 14 heteroatoms. The van der Waals surface area contributed by atoms with Gasteiger partial charge in [-0.3, -0.25) is 14.6 Å². The van der Waals surface area contributed by atoms with Gasteiger partial charge >= 0.3 is 6.18 Å². The van der Waals surface area contributed by atoms with Crippen LogP contribution < -0.4 is 20.5 Å². The Morgan fingerprint density at radius 1 is 1.17 bits per heavy atom. The summed E-state index contributed by atoms with van der Waals surface area (Å²) >= 11 is 6.09. The van der Waals surface area contributed by atoms with Gasteiger partial charge in [0, 0.05) is 28.3 Å². The van der Waals surface area contributed by atoms with E-state index in [1.54, 1.807) is 13.0 Å². The van der Waals surface area contributed by atoms with Crippen molar-refractivity contribution in [1.82, 2.24) is 15.3 Å². The molecular weight excluding hydrogens is 632 g/mol. The summed E-state index contributed by atoms with van der Waals surface area (Å²) in [6.07, 6.45) is -2.36. The maximum absolute atomic E-state index is 14.8. The first-order valence-electron chi connectivity index (χ1n) is 14.3. The topological polar surface area (TPSA) is 137 Å². The molecule has 2 atom stereocenters. The third-order valence-corrected chi connectivity index (χ3v) is 8.54. The monoisotopic (exact) mass is 658 g/mol. The molecule has 0 bridgehead atoms. The minimum atomic E-state index is -5.37. The van der Waals surface area contributed by atoms with Crippen molar-refractivity contribution in [1.29, 1.82) is 0 Å². The third kappa shape index (κ3) is 5.47. The van der Waals surface area contributed by atoms with Crippen molar-refractivity contribution >= 4 is 34.3 Å². The van der Waals surface area contributed by atoms with Crippen molar-refractivity contribution in [2.45, 2.75) is 49.5 Å². The number of halogens is 5. The molecule has 1 aliphatic heterocycles. The molecule has 4 aromatic rings. The van der Waals surface area contributed by atoms with Crippen LogP contribution in [0.2, 0.25) is 5.02 Å². The van der Waals surface area contributed by atoms with Crippen molar-refractivity contribution in [2.24, 2.45) is 5.73 Å². The number of alkyl halides is 3. The molecule has 4 N–H and O–H groups in total. The van der Waals surface area contributed by atoms with E-state index in [0.29, 0.717) is 10.9 Å². The zero-order valence-electron chi connectivity index (χ0n) is 24.3. The first kappa shape index (κ1) is 31.5. The van der Waals surface area contributed by atoms with Crippen LogP contribution in [0.25, 0.3) is 22.2 Å². The van der Waals surface area contributed by atoms with Crippen molar-refractivity contribution in [2.75, 3.05) is 13.2 Å². The number of carbonyl (C=O) groups excluding carboxylic acids is 2. The summed E-state index contributed by atoms with van der Waals surface area (Å²) in [6, 6.07) is 9.94. The van der Waals surface area contributed by atoms with Gasteiger partial charge in [-0.25, -0.2) is 9.37 Å². The minimum Gasteiger partial charge on any atom is -0.489 e. The standard InChI is InChI=1S/C32H27ClF4N4O5/c1-2-30(29(38)43)15-45-27-22(30)12-24(41-26(27)16-3-5-20(34)6-4-16)31(44,32(35,36)37)14-40-28(42)18-9-17-10-19(33)13-39-25(17)23(11-18)46-21-7-8-21/h3-6,9-13,21,44H,2,7-8,14-15H2,1H3,(H2,38,43)(H,40,42)/t30-,31?/m0/s1. The number of pyridine rings is 2. The molecule has 0 saturated heterocycles. The number of rotatable bonds is 9. The van der Waals surface area contributed by atoms with Crippen molar-refractivity contribution in [3.05, 3.63) is 82.4 Å². The van der Waals surface area contributed by atoms with Crippen molar-refractivity contribution in [3.8, 4) is 22.8 Å². The van der Waals surface area contributed by atoms with E-state index in [1.165, 1.54) is 30.5 Å². The van der Waals surface area contributed by atoms with E-state index in [4.69, 9.17) is 26.8 Å². The zero-order chi connectivity index (χ0) is 33.0. The molecule has 1 saturated carbocycles. The lowest BCUT2D eigenvalue weighted by molar-refractivity contribution is -0.265. The van der Waals surface area contributed by atoms with Crippen molar-refractivity contribution < 1.29 is 41.7 Å². The molecule has 1 fully saturated rings. The predicted molar refractivity (Wildman–Crippen MR) is 159 cm³/mol. The Morgan fingerprint density at radius 3 is 2.52 bits per heavy atom. The smallest absolute Gasteiger partial charge is 0.424 e. The predicted octanol–water partition coefficient (Wildman–Crippen LogP) is 5.34. The van der Waals surface area contributed by atoms with Gasteiger partial charge in [-0.05, 0) is 67.8 Å². The first-order valence-corrected chi connectivity index (χ1v) is 14.7. The summed E-state index contributed by atoms with van der Waals surface area (Å²) < 4.78 is 69.9. The lowest BCUT2D eigenvalue weighted by atomic mass is 9.78. The summed E-state index contributed by atoms with van der Waals surface area (Å²) in [5.74, 6) is -2.16. The van der Waals surface area contributed by atoms with Gasteiger partial charge in [0.1, 0.15) is 40.5 Å². The highest BCUT2D eigenvalue weighted by Gasteiger charge is 2.58. The van der Waals surface area contributed by atoms with Crippen LogP contribution in [0, 0.1) is 5.82 Å². The number of nitrogens with one attached hydrogen (secondary N) is 1. The van der Waals surface area contributed by atoms with E-state index in [0.717, 1.165) is 31.0 Å². The summed E-state index contributed by atoms with van der Waals surface area (Å²) in [4.78, 5) is 34.4. The Labute approximate surface area is 264 Å². The van der Waals surface area contributed by atoms with Crippen LogP contribution in [0.15, 0.2) is 54.7 Å². The second-order valence-corrected chi connectivity index (χ2v) is 11.8. The van der Waals surface area contributed by atoms with Gasteiger partial charge in [0.2, 0.25) is 11.5 Å². The molecule has 6 rings (SSSR count). The molecule has 0 radical (unpaired) electrons. The van der Waals surface area contributed by atoms with Gasteiger partial charge in [-0.15, -0.1) is 0 Å². The molecule has 240 valence electrons. The molecule has 46 heavy (non-hydrogen) atoms. The Kier molecular flexibility index (Phi) is 7.80. The molecular formula is C32H27ClF4N4O5. The highest BCUT2D eigenvalue weighted by molar-refractivity contribution is 6.31. The lowest BCUT2D eigenvalue weighted by Crippen LogP contribution is -2.52. The fourth-order valence-electron chi connectivity index (χ4n) is 5.42. The number of amides is 2. The lowest BCUT2D eigenvalue weighted by Gasteiger charge is -2.32. The molecule has 3 heterocycles. The van der Waals surface area contributed by atoms with Crippen molar-refractivity contribution in [3.63, 3.8) is 0 Å². The molecule has 1 unspecified atom stereocenters. The van der Waals surface area contributed by atoms with Gasteiger partial charge in [0.15, 0.2) is 0 Å². The van der Waals surface area contributed by atoms with Gasteiger partial charge in [0.05, 0.1) is 23.4 Å². The fraction of sp³-hybridized carbons (Fsp3) is 0.312. The third-order valence-electron chi connectivity index (χ3n) is 8.34. The van der Waals surface area contributed by atoms with Gasteiger partial charge < -0.3 is 25.6 Å². The number of aromatic nitrogens is 2.